The highest BCUT2D eigenvalue weighted by Gasteiger charge is 2.24. The second-order valence-corrected chi connectivity index (χ2v) is 4.82. The summed E-state index contributed by atoms with van der Waals surface area (Å²) in [7, 11) is 0. The van der Waals surface area contributed by atoms with Crippen LogP contribution in [0.15, 0.2) is 29.4 Å². The fraction of sp³-hybridized carbons (Fsp3) is 0.267. The van der Waals surface area contributed by atoms with Gasteiger partial charge in [0.25, 0.3) is 5.91 Å². The molecule has 0 saturated heterocycles. The smallest absolute Gasteiger partial charge is 0.355 e. The zero-order valence-corrected chi connectivity index (χ0v) is 12.3. The van der Waals surface area contributed by atoms with Gasteiger partial charge >= 0.3 is 5.97 Å². The van der Waals surface area contributed by atoms with E-state index < -0.39 is 18.0 Å². The number of carbonyl (C=O) groups excluding carboxylic acids is 3. The summed E-state index contributed by atoms with van der Waals surface area (Å²) < 4.78 is 5.02. The maximum Gasteiger partial charge on any atom is 0.355 e. The maximum atomic E-state index is 12.0. The van der Waals surface area contributed by atoms with Gasteiger partial charge in [-0.2, -0.15) is 10.4 Å². The Bertz CT molecular complexity index is 720. The van der Waals surface area contributed by atoms with Crippen LogP contribution in [-0.4, -0.2) is 29.6 Å². The van der Waals surface area contributed by atoms with Gasteiger partial charge in [-0.15, -0.1) is 0 Å². The van der Waals surface area contributed by atoms with Crippen LogP contribution >= 0.6 is 0 Å². The number of rotatable bonds is 4. The summed E-state index contributed by atoms with van der Waals surface area (Å²) in [5.74, 6) is -1.56. The summed E-state index contributed by atoms with van der Waals surface area (Å²) >= 11 is 0. The van der Waals surface area contributed by atoms with Crippen molar-refractivity contribution in [2.75, 3.05) is 5.32 Å². The molecule has 2 N–H and O–H groups in total. The van der Waals surface area contributed by atoms with E-state index in [4.69, 9.17) is 10.00 Å². The lowest BCUT2D eigenvalue weighted by atomic mass is 10.2. The van der Waals surface area contributed by atoms with Crippen LogP contribution in [0, 0.1) is 11.3 Å². The van der Waals surface area contributed by atoms with Gasteiger partial charge in [-0.3, -0.25) is 9.59 Å². The number of nitriles is 1. The zero-order chi connectivity index (χ0) is 16.8. The highest BCUT2D eigenvalue weighted by molar-refractivity contribution is 6.37. The number of nitrogens with zero attached hydrogens (tertiary/aromatic N) is 2. The molecule has 0 aromatic heterocycles. The average molecular weight is 314 g/mol. The molecule has 8 heteroatoms. The van der Waals surface area contributed by atoms with Crippen LogP contribution < -0.4 is 10.7 Å². The number of ether oxygens (including phenoxy) is 1. The Hall–Kier alpha value is -3.21. The van der Waals surface area contributed by atoms with Crippen molar-refractivity contribution < 1.29 is 19.1 Å². The Labute approximate surface area is 132 Å². The first kappa shape index (κ1) is 16.2. The van der Waals surface area contributed by atoms with E-state index in [-0.39, 0.29) is 24.5 Å². The Morgan fingerprint density at radius 3 is 2.87 bits per heavy atom. The number of benzene rings is 1. The minimum atomic E-state index is -1.05. The van der Waals surface area contributed by atoms with Crippen molar-refractivity contribution in [3.05, 3.63) is 29.8 Å². The molecule has 1 atom stereocenters. The fourth-order valence-corrected chi connectivity index (χ4v) is 1.81. The summed E-state index contributed by atoms with van der Waals surface area (Å²) in [6.45, 7) is 1.42. The molecule has 0 fully saturated rings. The lowest BCUT2D eigenvalue weighted by Gasteiger charge is -2.16. The highest BCUT2D eigenvalue weighted by Crippen LogP contribution is 2.11. The number of hydrogen-bond acceptors (Lipinski definition) is 6. The summed E-state index contributed by atoms with van der Waals surface area (Å²) in [5.41, 5.74) is 3.08. The molecule has 0 unspecified atom stereocenters. The molecule has 0 bridgehead atoms. The predicted molar refractivity (Wildman–Crippen MR) is 80.2 cm³/mol. The number of nitrogens with one attached hydrogen (secondary N) is 2. The van der Waals surface area contributed by atoms with Crippen molar-refractivity contribution in [2.45, 2.75) is 25.9 Å². The molecule has 2 amide bonds. The first-order chi connectivity index (χ1) is 11.0. The normalized spacial score (nSPS) is 14.8. The van der Waals surface area contributed by atoms with Gasteiger partial charge in [-0.05, 0) is 25.1 Å². The number of carbonyl (C=O) groups is 3. The predicted octanol–water partition coefficient (Wildman–Crippen LogP) is 0.694. The third-order valence-corrected chi connectivity index (χ3v) is 3.05. The topological polar surface area (TPSA) is 121 Å². The van der Waals surface area contributed by atoms with Crippen molar-refractivity contribution in [1.29, 1.82) is 5.26 Å². The summed E-state index contributed by atoms with van der Waals surface area (Å²) in [4.78, 5) is 34.8. The molecule has 1 aliphatic rings. The van der Waals surface area contributed by atoms with Gasteiger partial charge in [-0.25, -0.2) is 10.2 Å². The molecule has 0 aliphatic carbocycles. The third kappa shape index (κ3) is 4.38. The van der Waals surface area contributed by atoms with Crippen LogP contribution in [0.2, 0.25) is 0 Å². The van der Waals surface area contributed by atoms with E-state index in [1.165, 1.54) is 13.0 Å². The lowest BCUT2D eigenvalue weighted by molar-refractivity contribution is -0.146. The number of hydrogen-bond donors (Lipinski definition) is 2. The SMILES string of the molecule is C[C@H](OC(=O)C1=NNC(=O)CC1)C(=O)Nc1cccc(C#N)c1. The van der Waals surface area contributed by atoms with Gasteiger partial charge in [0.1, 0.15) is 5.71 Å². The first-order valence-corrected chi connectivity index (χ1v) is 6.87. The molecule has 0 spiro atoms. The fourth-order valence-electron chi connectivity index (χ4n) is 1.81. The van der Waals surface area contributed by atoms with E-state index in [1.54, 1.807) is 18.2 Å². The molecule has 1 heterocycles. The quantitative estimate of drug-likeness (QED) is 0.792. The van der Waals surface area contributed by atoms with Crippen LogP contribution in [0.5, 0.6) is 0 Å². The molecule has 1 aliphatic heterocycles. The van der Waals surface area contributed by atoms with Crippen molar-refractivity contribution in [1.82, 2.24) is 5.43 Å². The molecular formula is C15H14N4O4. The first-order valence-electron chi connectivity index (χ1n) is 6.87. The molecule has 1 aromatic carbocycles. The van der Waals surface area contributed by atoms with E-state index in [0.717, 1.165) is 0 Å². The van der Waals surface area contributed by atoms with Crippen LogP contribution in [0.1, 0.15) is 25.3 Å². The molecule has 8 nitrogen and oxygen atoms in total. The van der Waals surface area contributed by atoms with Crippen molar-refractivity contribution in [3.8, 4) is 6.07 Å². The molecule has 2 rings (SSSR count). The lowest BCUT2D eigenvalue weighted by Crippen LogP contribution is -2.35. The molecule has 118 valence electrons. The zero-order valence-electron chi connectivity index (χ0n) is 12.3. The van der Waals surface area contributed by atoms with Crippen molar-refractivity contribution >= 4 is 29.2 Å². The molecular weight excluding hydrogens is 300 g/mol. The molecule has 1 aromatic rings. The largest absolute Gasteiger partial charge is 0.448 e. The van der Waals surface area contributed by atoms with Gasteiger partial charge in [0.15, 0.2) is 6.10 Å². The second-order valence-electron chi connectivity index (χ2n) is 4.82. The Kier molecular flexibility index (Phi) is 5.04. The van der Waals surface area contributed by atoms with Crippen LogP contribution in [0.25, 0.3) is 0 Å². The monoisotopic (exact) mass is 314 g/mol. The van der Waals surface area contributed by atoms with Crippen molar-refractivity contribution in [2.24, 2.45) is 5.10 Å². The Morgan fingerprint density at radius 2 is 2.22 bits per heavy atom. The molecule has 0 saturated carbocycles. The van der Waals surface area contributed by atoms with Gasteiger partial charge in [0.2, 0.25) is 5.91 Å². The Morgan fingerprint density at radius 1 is 1.43 bits per heavy atom. The standard InChI is InChI=1S/C15H14N4O4/c1-9(23-15(22)12-5-6-13(20)19-18-12)14(21)17-11-4-2-3-10(7-11)8-16/h2-4,7,9H,5-6H2,1H3,(H,17,21)(H,19,20)/t9-/m0/s1. The van der Waals surface area contributed by atoms with Gasteiger partial charge in [0, 0.05) is 18.5 Å². The minimum absolute atomic E-state index is 0.0655. The summed E-state index contributed by atoms with van der Waals surface area (Å²) in [6, 6.07) is 8.32. The van der Waals surface area contributed by atoms with Gasteiger partial charge in [0.05, 0.1) is 11.6 Å². The number of anilines is 1. The number of amides is 2. The summed E-state index contributed by atoms with van der Waals surface area (Å²) in [6.07, 6.45) is -0.729. The molecule has 23 heavy (non-hydrogen) atoms. The van der Waals surface area contributed by atoms with Crippen LogP contribution in [0.4, 0.5) is 5.69 Å². The van der Waals surface area contributed by atoms with E-state index in [0.29, 0.717) is 11.3 Å². The third-order valence-electron chi connectivity index (χ3n) is 3.05. The highest BCUT2D eigenvalue weighted by atomic mass is 16.5. The van der Waals surface area contributed by atoms with Crippen LogP contribution in [-0.2, 0) is 19.1 Å². The number of hydrazone groups is 1. The van der Waals surface area contributed by atoms with Gasteiger partial charge < -0.3 is 10.1 Å². The van der Waals surface area contributed by atoms with E-state index in [1.807, 2.05) is 6.07 Å². The Balaban J connectivity index is 1.93. The van der Waals surface area contributed by atoms with Crippen molar-refractivity contribution in [3.63, 3.8) is 0 Å². The summed E-state index contributed by atoms with van der Waals surface area (Å²) in [5, 5.41) is 15.0. The average Bonchev–Trinajstić information content (AvgIpc) is 2.55. The van der Waals surface area contributed by atoms with E-state index in [2.05, 4.69) is 15.8 Å². The maximum absolute atomic E-state index is 12.0. The molecule has 0 radical (unpaired) electrons. The van der Waals surface area contributed by atoms with E-state index in [9.17, 15) is 14.4 Å². The van der Waals surface area contributed by atoms with Gasteiger partial charge in [-0.1, -0.05) is 6.07 Å². The second kappa shape index (κ2) is 7.17. The number of esters is 1. The van der Waals surface area contributed by atoms with Crippen LogP contribution in [0.3, 0.4) is 0 Å². The van der Waals surface area contributed by atoms with E-state index >= 15 is 0 Å². The minimum Gasteiger partial charge on any atom is -0.448 e.